The maximum atomic E-state index is 6.57. The molecule has 4 heteroatoms. The molecular formula is C30H19N3O. The zero-order valence-corrected chi connectivity index (χ0v) is 18.2. The number of anilines is 3. The summed E-state index contributed by atoms with van der Waals surface area (Å²) in [6.45, 7) is 0. The van der Waals surface area contributed by atoms with Gasteiger partial charge in [-0.2, -0.15) is 0 Å². The monoisotopic (exact) mass is 437 g/mol. The Morgan fingerprint density at radius 3 is 2.12 bits per heavy atom. The maximum Gasteiger partial charge on any atom is 0.159 e. The molecule has 34 heavy (non-hydrogen) atoms. The molecule has 2 aromatic heterocycles. The molecule has 0 atom stereocenters. The van der Waals surface area contributed by atoms with Gasteiger partial charge < -0.3 is 9.64 Å². The highest BCUT2D eigenvalue weighted by Crippen LogP contribution is 2.54. The van der Waals surface area contributed by atoms with Crippen LogP contribution < -0.4 is 9.64 Å². The van der Waals surface area contributed by atoms with Crippen molar-refractivity contribution in [1.82, 2.24) is 9.97 Å². The number of ether oxygens (including phenoxy) is 1. The molecule has 6 aromatic rings. The Kier molecular flexibility index (Phi) is 4.11. The van der Waals surface area contributed by atoms with Gasteiger partial charge in [-0.3, -0.25) is 9.97 Å². The molecule has 0 amide bonds. The van der Waals surface area contributed by atoms with E-state index in [1.165, 1.54) is 0 Å². The van der Waals surface area contributed by atoms with Crippen molar-refractivity contribution >= 4 is 38.6 Å². The predicted molar refractivity (Wildman–Crippen MR) is 137 cm³/mol. The Morgan fingerprint density at radius 1 is 0.588 bits per heavy atom. The van der Waals surface area contributed by atoms with E-state index < -0.39 is 0 Å². The van der Waals surface area contributed by atoms with E-state index in [0.29, 0.717) is 0 Å². The second-order valence-electron chi connectivity index (χ2n) is 8.32. The van der Waals surface area contributed by atoms with Gasteiger partial charge in [-0.05, 0) is 47.2 Å². The van der Waals surface area contributed by atoms with Crippen molar-refractivity contribution < 1.29 is 4.74 Å². The van der Waals surface area contributed by atoms with E-state index in [1.807, 2.05) is 30.5 Å². The fourth-order valence-corrected chi connectivity index (χ4v) is 4.75. The summed E-state index contributed by atoms with van der Waals surface area (Å²) < 4.78 is 6.57. The average molecular weight is 438 g/mol. The molecule has 0 saturated carbocycles. The summed E-state index contributed by atoms with van der Waals surface area (Å²) in [5.41, 5.74) is 4.68. The van der Waals surface area contributed by atoms with Crippen LogP contribution in [0.3, 0.4) is 0 Å². The Morgan fingerprint density at radius 2 is 1.32 bits per heavy atom. The van der Waals surface area contributed by atoms with Crippen molar-refractivity contribution in [2.75, 3.05) is 4.90 Å². The highest BCUT2D eigenvalue weighted by molar-refractivity contribution is 6.07. The molecule has 7 rings (SSSR count). The van der Waals surface area contributed by atoms with E-state index in [4.69, 9.17) is 9.72 Å². The Labute approximate surface area is 196 Å². The molecule has 0 radical (unpaired) electrons. The maximum absolute atomic E-state index is 6.57. The van der Waals surface area contributed by atoms with Crippen molar-refractivity contribution in [3.63, 3.8) is 0 Å². The number of rotatable bonds is 2. The Balaban J connectivity index is 1.48. The van der Waals surface area contributed by atoms with E-state index in [9.17, 15) is 0 Å². The summed E-state index contributed by atoms with van der Waals surface area (Å²) in [6.07, 6.45) is 3.70. The van der Waals surface area contributed by atoms with Crippen LogP contribution in [0.15, 0.2) is 116 Å². The molecule has 0 bridgehead atoms. The third-order valence-corrected chi connectivity index (χ3v) is 6.33. The number of fused-ring (bicyclic) bond motifs is 6. The van der Waals surface area contributed by atoms with Crippen molar-refractivity contribution in [2.24, 2.45) is 0 Å². The molecule has 0 unspecified atom stereocenters. The quantitative estimate of drug-likeness (QED) is 0.274. The summed E-state index contributed by atoms with van der Waals surface area (Å²) in [6, 6.07) is 35.2. The first-order chi connectivity index (χ1) is 16.9. The first-order valence-corrected chi connectivity index (χ1v) is 11.3. The average Bonchev–Trinajstić information content (AvgIpc) is 2.92. The van der Waals surface area contributed by atoms with Crippen LogP contribution in [-0.2, 0) is 0 Å². The van der Waals surface area contributed by atoms with E-state index in [0.717, 1.165) is 61.5 Å². The molecule has 0 saturated heterocycles. The second-order valence-corrected chi connectivity index (χ2v) is 8.32. The summed E-state index contributed by atoms with van der Waals surface area (Å²) >= 11 is 0. The molecule has 4 aromatic carbocycles. The fourth-order valence-electron chi connectivity index (χ4n) is 4.75. The van der Waals surface area contributed by atoms with Crippen molar-refractivity contribution in [3.05, 3.63) is 116 Å². The van der Waals surface area contributed by atoms with Crippen LogP contribution in [0.4, 0.5) is 17.1 Å². The number of hydrogen-bond acceptors (Lipinski definition) is 4. The standard InChI is InChI=1S/C30H19N3O/c1-3-9-23-20(7-1)13-17-28-29(23)33(22-14-15-26(32-19-22)25-11-5-6-18-31-25)27-16-12-21-8-2-4-10-24(21)30(27)34-28/h1-19H. The Bertz CT molecular complexity index is 1680. The van der Waals surface area contributed by atoms with Crippen LogP contribution in [0.25, 0.3) is 32.9 Å². The highest BCUT2D eigenvalue weighted by Gasteiger charge is 2.29. The first-order valence-electron chi connectivity index (χ1n) is 11.3. The molecule has 4 nitrogen and oxygen atoms in total. The van der Waals surface area contributed by atoms with Crippen molar-refractivity contribution in [3.8, 4) is 22.9 Å². The summed E-state index contributed by atoms with van der Waals surface area (Å²) in [5.74, 6) is 1.69. The minimum Gasteiger partial charge on any atom is -0.452 e. The molecular weight excluding hydrogens is 418 g/mol. The summed E-state index contributed by atoms with van der Waals surface area (Å²) in [7, 11) is 0. The molecule has 0 aliphatic carbocycles. The fraction of sp³-hybridized carbons (Fsp3) is 0. The van der Waals surface area contributed by atoms with Gasteiger partial charge in [-0.15, -0.1) is 0 Å². The van der Waals surface area contributed by atoms with Crippen LogP contribution in [0, 0.1) is 0 Å². The van der Waals surface area contributed by atoms with E-state index in [1.54, 1.807) is 6.20 Å². The normalized spacial score (nSPS) is 12.3. The second kappa shape index (κ2) is 7.42. The smallest absolute Gasteiger partial charge is 0.159 e. The van der Waals surface area contributed by atoms with Gasteiger partial charge in [0.2, 0.25) is 0 Å². The van der Waals surface area contributed by atoms with Gasteiger partial charge in [0, 0.05) is 17.0 Å². The zero-order valence-electron chi connectivity index (χ0n) is 18.2. The van der Waals surface area contributed by atoms with Crippen LogP contribution >= 0.6 is 0 Å². The predicted octanol–water partition coefficient (Wildman–Crippen LogP) is 8.03. The molecule has 0 fully saturated rings. The number of benzene rings is 4. The minimum absolute atomic E-state index is 0.830. The SMILES string of the molecule is c1ccc(-c2ccc(N3c4ccc5ccccc5c4Oc4ccc5ccccc5c43)cn2)nc1. The highest BCUT2D eigenvalue weighted by atomic mass is 16.5. The van der Waals surface area contributed by atoms with Crippen molar-refractivity contribution in [1.29, 1.82) is 0 Å². The van der Waals surface area contributed by atoms with Gasteiger partial charge in [0.1, 0.15) is 0 Å². The molecule has 0 spiro atoms. The lowest BCUT2D eigenvalue weighted by atomic mass is 10.0. The first kappa shape index (κ1) is 18.8. The minimum atomic E-state index is 0.830. The molecule has 3 heterocycles. The van der Waals surface area contributed by atoms with Gasteiger partial charge in [0.15, 0.2) is 11.5 Å². The van der Waals surface area contributed by atoms with E-state index in [-0.39, 0.29) is 0 Å². The van der Waals surface area contributed by atoms with E-state index in [2.05, 4.69) is 88.7 Å². The third kappa shape index (κ3) is 2.86. The lowest BCUT2D eigenvalue weighted by Gasteiger charge is -2.34. The number of hydrogen-bond donors (Lipinski definition) is 0. The third-order valence-electron chi connectivity index (χ3n) is 6.33. The van der Waals surface area contributed by atoms with Gasteiger partial charge in [0.05, 0.1) is 34.6 Å². The Hall–Kier alpha value is -4.70. The van der Waals surface area contributed by atoms with Gasteiger partial charge in [-0.1, -0.05) is 66.7 Å². The largest absolute Gasteiger partial charge is 0.452 e. The van der Waals surface area contributed by atoms with Crippen LogP contribution in [0.5, 0.6) is 11.5 Å². The molecule has 1 aliphatic rings. The van der Waals surface area contributed by atoms with Crippen LogP contribution in [0.1, 0.15) is 0 Å². The number of pyridine rings is 2. The number of nitrogens with zero attached hydrogens (tertiary/aromatic N) is 3. The van der Waals surface area contributed by atoms with E-state index >= 15 is 0 Å². The van der Waals surface area contributed by atoms with Crippen LogP contribution in [0.2, 0.25) is 0 Å². The zero-order chi connectivity index (χ0) is 22.5. The molecule has 0 N–H and O–H groups in total. The topological polar surface area (TPSA) is 38.2 Å². The lowest BCUT2D eigenvalue weighted by molar-refractivity contribution is 0.483. The van der Waals surface area contributed by atoms with Gasteiger partial charge in [-0.25, -0.2) is 0 Å². The van der Waals surface area contributed by atoms with Crippen molar-refractivity contribution in [2.45, 2.75) is 0 Å². The number of aromatic nitrogens is 2. The van der Waals surface area contributed by atoms with Gasteiger partial charge >= 0.3 is 0 Å². The summed E-state index contributed by atoms with van der Waals surface area (Å²) in [4.78, 5) is 11.5. The summed E-state index contributed by atoms with van der Waals surface area (Å²) in [5, 5.41) is 4.53. The van der Waals surface area contributed by atoms with Gasteiger partial charge in [0.25, 0.3) is 0 Å². The lowest BCUT2D eigenvalue weighted by Crippen LogP contribution is -2.16. The molecule has 160 valence electrons. The van der Waals surface area contributed by atoms with Crippen LogP contribution in [-0.4, -0.2) is 9.97 Å². The molecule has 1 aliphatic heterocycles.